The summed E-state index contributed by atoms with van der Waals surface area (Å²) in [6.45, 7) is 0.929. The average Bonchev–Trinajstić information content (AvgIpc) is 3.06. The van der Waals surface area contributed by atoms with Crippen LogP contribution in [0.1, 0.15) is 23.2 Å². The normalized spacial score (nSPS) is 18.9. The summed E-state index contributed by atoms with van der Waals surface area (Å²) in [7, 11) is 3.60. The monoisotopic (exact) mass is 258 g/mol. The number of carbonyl (C=O) groups is 1. The Balaban J connectivity index is 2.15. The maximum atomic E-state index is 12.6. The first-order chi connectivity index (χ1) is 9.22. The highest BCUT2D eigenvalue weighted by molar-refractivity contribution is 6.12. The van der Waals surface area contributed by atoms with Gasteiger partial charge in [-0.3, -0.25) is 4.79 Å². The minimum Gasteiger partial charge on any atom is -0.496 e. The van der Waals surface area contributed by atoms with Crippen LogP contribution >= 0.6 is 0 Å². The highest BCUT2D eigenvalue weighted by atomic mass is 16.5. The van der Waals surface area contributed by atoms with Crippen LogP contribution in [0.25, 0.3) is 10.9 Å². The van der Waals surface area contributed by atoms with E-state index in [4.69, 9.17) is 4.74 Å². The van der Waals surface area contributed by atoms with Crippen LogP contribution < -0.4 is 10.1 Å². The molecule has 2 aromatic rings. The SMILES string of the molecule is COc1cccc2c1c(C(=O)C1CCCN1)cn2C. The maximum Gasteiger partial charge on any atom is 0.182 e. The van der Waals surface area contributed by atoms with Gasteiger partial charge in [-0.25, -0.2) is 0 Å². The van der Waals surface area contributed by atoms with E-state index >= 15 is 0 Å². The Hall–Kier alpha value is -1.81. The maximum absolute atomic E-state index is 12.6. The van der Waals surface area contributed by atoms with Crippen molar-refractivity contribution >= 4 is 16.7 Å². The van der Waals surface area contributed by atoms with E-state index < -0.39 is 0 Å². The number of ketones is 1. The van der Waals surface area contributed by atoms with Crippen molar-refractivity contribution in [3.63, 3.8) is 0 Å². The zero-order valence-corrected chi connectivity index (χ0v) is 11.3. The number of nitrogens with zero attached hydrogens (tertiary/aromatic N) is 1. The average molecular weight is 258 g/mol. The fraction of sp³-hybridized carbons (Fsp3) is 0.400. The number of rotatable bonds is 3. The number of hydrogen-bond acceptors (Lipinski definition) is 3. The molecule has 0 aliphatic carbocycles. The van der Waals surface area contributed by atoms with Crippen LogP contribution in [-0.2, 0) is 7.05 Å². The highest BCUT2D eigenvalue weighted by Gasteiger charge is 2.26. The second-order valence-corrected chi connectivity index (χ2v) is 5.02. The number of methoxy groups -OCH3 is 1. The Morgan fingerprint density at radius 2 is 2.32 bits per heavy atom. The molecule has 1 aromatic carbocycles. The largest absolute Gasteiger partial charge is 0.496 e. The molecule has 0 bridgehead atoms. The summed E-state index contributed by atoms with van der Waals surface area (Å²) in [4.78, 5) is 12.6. The zero-order valence-electron chi connectivity index (χ0n) is 11.3. The summed E-state index contributed by atoms with van der Waals surface area (Å²) in [5.74, 6) is 0.937. The van der Waals surface area contributed by atoms with E-state index in [2.05, 4.69) is 5.32 Å². The topological polar surface area (TPSA) is 43.3 Å². The fourth-order valence-electron chi connectivity index (χ4n) is 2.86. The molecule has 1 atom stereocenters. The Kier molecular flexibility index (Phi) is 3.03. The number of carbonyl (C=O) groups excluding carboxylic acids is 1. The summed E-state index contributed by atoms with van der Waals surface area (Å²) in [5.41, 5.74) is 1.79. The van der Waals surface area contributed by atoms with Gasteiger partial charge in [-0.05, 0) is 31.5 Å². The van der Waals surface area contributed by atoms with E-state index in [9.17, 15) is 4.79 Å². The number of aromatic nitrogens is 1. The van der Waals surface area contributed by atoms with Crippen LogP contribution in [0.5, 0.6) is 5.75 Å². The molecule has 4 heteroatoms. The van der Waals surface area contributed by atoms with Crippen molar-refractivity contribution in [2.75, 3.05) is 13.7 Å². The molecule has 1 aliphatic heterocycles. The van der Waals surface area contributed by atoms with E-state index in [1.807, 2.05) is 36.0 Å². The second kappa shape index (κ2) is 4.70. The van der Waals surface area contributed by atoms with Crippen molar-refractivity contribution in [3.8, 4) is 5.75 Å². The molecular weight excluding hydrogens is 240 g/mol. The van der Waals surface area contributed by atoms with Crippen LogP contribution in [0.2, 0.25) is 0 Å². The minimum absolute atomic E-state index is 0.0458. The van der Waals surface area contributed by atoms with Crippen LogP contribution in [0.3, 0.4) is 0 Å². The number of Topliss-reactive ketones (excluding diaryl/α,β-unsaturated/α-hetero) is 1. The first kappa shape index (κ1) is 12.2. The Morgan fingerprint density at radius 3 is 3.00 bits per heavy atom. The van der Waals surface area contributed by atoms with E-state index in [0.29, 0.717) is 0 Å². The van der Waals surface area contributed by atoms with Gasteiger partial charge in [-0.15, -0.1) is 0 Å². The number of nitrogens with one attached hydrogen (secondary N) is 1. The lowest BCUT2D eigenvalue weighted by atomic mass is 10.0. The number of hydrogen-bond donors (Lipinski definition) is 1. The lowest BCUT2D eigenvalue weighted by Gasteiger charge is -2.09. The molecule has 0 amide bonds. The van der Waals surface area contributed by atoms with Crippen molar-refractivity contribution in [3.05, 3.63) is 30.0 Å². The van der Waals surface area contributed by atoms with Gasteiger partial charge >= 0.3 is 0 Å². The smallest absolute Gasteiger partial charge is 0.182 e. The molecule has 100 valence electrons. The lowest BCUT2D eigenvalue weighted by molar-refractivity contribution is 0.0953. The van der Waals surface area contributed by atoms with E-state index in [-0.39, 0.29) is 11.8 Å². The number of fused-ring (bicyclic) bond motifs is 1. The molecule has 1 unspecified atom stereocenters. The van der Waals surface area contributed by atoms with Gasteiger partial charge in [0.1, 0.15) is 5.75 Å². The molecule has 0 radical (unpaired) electrons. The Morgan fingerprint density at radius 1 is 1.47 bits per heavy atom. The van der Waals surface area contributed by atoms with Crippen LogP contribution in [0.15, 0.2) is 24.4 Å². The van der Waals surface area contributed by atoms with Gasteiger partial charge in [-0.2, -0.15) is 0 Å². The van der Waals surface area contributed by atoms with E-state index in [0.717, 1.165) is 41.6 Å². The number of benzene rings is 1. The van der Waals surface area contributed by atoms with Gasteiger partial charge < -0.3 is 14.6 Å². The molecule has 0 saturated carbocycles. The molecule has 2 heterocycles. The first-order valence-electron chi connectivity index (χ1n) is 6.62. The zero-order chi connectivity index (χ0) is 13.4. The summed E-state index contributed by atoms with van der Waals surface area (Å²) >= 11 is 0. The molecule has 1 aromatic heterocycles. The van der Waals surface area contributed by atoms with Crippen molar-refractivity contribution in [1.82, 2.24) is 9.88 Å². The van der Waals surface area contributed by atoms with E-state index in [1.54, 1.807) is 7.11 Å². The number of aryl methyl sites for hydroxylation is 1. The number of ether oxygens (including phenoxy) is 1. The molecule has 0 spiro atoms. The summed E-state index contributed by atoms with van der Waals surface area (Å²) in [6.07, 6.45) is 3.90. The standard InChI is InChI=1S/C15H18N2O2/c1-17-9-10(15(18)11-5-4-8-16-11)14-12(17)6-3-7-13(14)19-2/h3,6-7,9,11,16H,4-5,8H2,1-2H3. The van der Waals surface area contributed by atoms with Crippen LogP contribution in [0, 0.1) is 0 Å². The third-order valence-corrected chi connectivity index (χ3v) is 3.84. The van der Waals surface area contributed by atoms with Gasteiger partial charge in [0.25, 0.3) is 0 Å². The second-order valence-electron chi connectivity index (χ2n) is 5.02. The molecule has 19 heavy (non-hydrogen) atoms. The van der Waals surface area contributed by atoms with Gasteiger partial charge in [0, 0.05) is 18.8 Å². The highest BCUT2D eigenvalue weighted by Crippen LogP contribution is 2.31. The third kappa shape index (κ3) is 1.92. The molecule has 1 N–H and O–H groups in total. The fourth-order valence-corrected chi connectivity index (χ4v) is 2.86. The quantitative estimate of drug-likeness (QED) is 0.858. The van der Waals surface area contributed by atoms with Crippen molar-refractivity contribution in [1.29, 1.82) is 0 Å². The molecule has 1 saturated heterocycles. The van der Waals surface area contributed by atoms with Gasteiger partial charge in [0.2, 0.25) is 0 Å². The summed E-state index contributed by atoms with van der Waals surface area (Å²) in [6, 6.07) is 5.82. The third-order valence-electron chi connectivity index (χ3n) is 3.84. The summed E-state index contributed by atoms with van der Waals surface area (Å²) < 4.78 is 7.39. The lowest BCUT2D eigenvalue weighted by Crippen LogP contribution is -2.30. The molecular formula is C15H18N2O2. The predicted octanol–water partition coefficient (Wildman–Crippen LogP) is 2.12. The van der Waals surface area contributed by atoms with Crippen molar-refractivity contribution < 1.29 is 9.53 Å². The Bertz CT molecular complexity index is 624. The van der Waals surface area contributed by atoms with Crippen LogP contribution in [-0.4, -0.2) is 30.0 Å². The minimum atomic E-state index is -0.0458. The van der Waals surface area contributed by atoms with Gasteiger partial charge in [-0.1, -0.05) is 6.07 Å². The first-order valence-corrected chi connectivity index (χ1v) is 6.62. The molecule has 3 rings (SSSR count). The molecule has 1 aliphatic rings. The predicted molar refractivity (Wildman–Crippen MR) is 74.8 cm³/mol. The van der Waals surface area contributed by atoms with Gasteiger partial charge in [0.15, 0.2) is 5.78 Å². The summed E-state index contributed by atoms with van der Waals surface area (Å²) in [5, 5.41) is 4.19. The van der Waals surface area contributed by atoms with Gasteiger partial charge in [0.05, 0.1) is 24.1 Å². The van der Waals surface area contributed by atoms with Crippen molar-refractivity contribution in [2.45, 2.75) is 18.9 Å². The van der Waals surface area contributed by atoms with Crippen LogP contribution in [0.4, 0.5) is 0 Å². The Labute approximate surface area is 112 Å². The van der Waals surface area contributed by atoms with Crippen molar-refractivity contribution in [2.24, 2.45) is 7.05 Å². The molecule has 1 fully saturated rings. The van der Waals surface area contributed by atoms with E-state index in [1.165, 1.54) is 0 Å². The molecule has 4 nitrogen and oxygen atoms in total.